The minimum absolute atomic E-state index is 0.0279. The Hall–Kier alpha value is -3.60. The van der Waals surface area contributed by atoms with Crippen LogP contribution in [0, 0.1) is 0 Å². The van der Waals surface area contributed by atoms with Crippen molar-refractivity contribution in [3.8, 4) is 16.8 Å². The minimum atomic E-state index is -4.52. The Morgan fingerprint density at radius 3 is 2.47 bits per heavy atom. The number of carbonyl (C=O) groups excluding carboxylic acids is 1. The van der Waals surface area contributed by atoms with E-state index in [1.807, 2.05) is 23.6 Å². The van der Waals surface area contributed by atoms with Crippen molar-refractivity contribution in [1.82, 2.24) is 9.55 Å². The lowest BCUT2D eigenvalue weighted by Crippen LogP contribution is -2.22. The van der Waals surface area contributed by atoms with Gasteiger partial charge in [-0.25, -0.2) is 4.98 Å². The van der Waals surface area contributed by atoms with Gasteiger partial charge in [-0.2, -0.15) is 13.2 Å². The number of hydrogen-bond acceptors (Lipinski definition) is 5. The number of aromatic nitrogens is 2. The number of thiophene rings is 1. The van der Waals surface area contributed by atoms with Gasteiger partial charge in [0.05, 0.1) is 22.4 Å². The molecule has 0 bridgehead atoms. The molecule has 11 heteroatoms. The predicted octanol–water partition coefficient (Wildman–Crippen LogP) is 7.52. The van der Waals surface area contributed by atoms with Crippen molar-refractivity contribution in [2.75, 3.05) is 11.1 Å². The maximum Gasteiger partial charge on any atom is 0.416 e. The molecular weight excluding hydrogens is 555 g/mol. The van der Waals surface area contributed by atoms with E-state index in [1.54, 1.807) is 36.4 Å². The van der Waals surface area contributed by atoms with Gasteiger partial charge in [-0.3, -0.25) is 14.2 Å². The van der Waals surface area contributed by atoms with E-state index in [9.17, 15) is 22.8 Å². The second-order valence-corrected chi connectivity index (χ2v) is 10.4. The number of thioether (sulfide) groups is 1. The molecule has 0 spiro atoms. The number of rotatable bonds is 6. The fraction of sp³-hybridized carbons (Fsp3) is 0.0741. The Labute approximate surface area is 227 Å². The van der Waals surface area contributed by atoms with Crippen LogP contribution in [0.5, 0.6) is 0 Å². The number of nitrogens with zero attached hydrogens (tertiary/aromatic N) is 2. The van der Waals surface area contributed by atoms with Crippen LogP contribution in [0.3, 0.4) is 0 Å². The van der Waals surface area contributed by atoms with E-state index in [1.165, 1.54) is 28.0 Å². The van der Waals surface area contributed by atoms with Crippen LogP contribution >= 0.6 is 34.7 Å². The van der Waals surface area contributed by atoms with Gasteiger partial charge in [0.15, 0.2) is 5.16 Å². The fourth-order valence-corrected chi connectivity index (χ4v) is 5.74. The van der Waals surface area contributed by atoms with Crippen LogP contribution in [0.2, 0.25) is 5.02 Å². The van der Waals surface area contributed by atoms with E-state index < -0.39 is 17.6 Å². The van der Waals surface area contributed by atoms with E-state index in [4.69, 9.17) is 16.6 Å². The van der Waals surface area contributed by atoms with Crippen molar-refractivity contribution in [2.45, 2.75) is 11.3 Å². The zero-order valence-corrected chi connectivity index (χ0v) is 21.7. The molecule has 0 atom stereocenters. The molecule has 5 nitrogen and oxygen atoms in total. The summed E-state index contributed by atoms with van der Waals surface area (Å²) < 4.78 is 40.5. The molecule has 3 aromatic carbocycles. The van der Waals surface area contributed by atoms with Gasteiger partial charge in [-0.15, -0.1) is 11.3 Å². The maximum absolute atomic E-state index is 13.8. The molecule has 0 aliphatic heterocycles. The first-order valence-electron chi connectivity index (χ1n) is 11.2. The molecule has 2 heterocycles. The first-order chi connectivity index (χ1) is 18.2. The number of benzene rings is 3. The highest BCUT2D eigenvalue weighted by Gasteiger charge is 2.30. The van der Waals surface area contributed by atoms with E-state index in [0.29, 0.717) is 20.9 Å². The highest BCUT2D eigenvalue weighted by molar-refractivity contribution is 7.99. The van der Waals surface area contributed by atoms with Gasteiger partial charge in [0, 0.05) is 21.7 Å². The summed E-state index contributed by atoms with van der Waals surface area (Å²) >= 11 is 8.36. The average Bonchev–Trinajstić information content (AvgIpc) is 3.32. The van der Waals surface area contributed by atoms with Crippen LogP contribution in [0.4, 0.5) is 18.9 Å². The molecular formula is C27H17ClF3N3O2S2. The molecule has 0 unspecified atom stereocenters. The van der Waals surface area contributed by atoms with Crippen molar-refractivity contribution < 1.29 is 18.0 Å². The maximum atomic E-state index is 13.8. The third-order valence-corrected chi connectivity index (χ3v) is 7.62. The Bertz CT molecular complexity index is 1680. The number of halogens is 4. The summed E-state index contributed by atoms with van der Waals surface area (Å²) in [5, 5.41) is 5.65. The van der Waals surface area contributed by atoms with Crippen LogP contribution in [0.1, 0.15) is 5.56 Å². The molecule has 5 aromatic rings. The lowest BCUT2D eigenvalue weighted by Gasteiger charge is -2.13. The average molecular weight is 572 g/mol. The third kappa shape index (κ3) is 5.47. The molecule has 38 heavy (non-hydrogen) atoms. The Morgan fingerprint density at radius 1 is 1.03 bits per heavy atom. The van der Waals surface area contributed by atoms with Crippen LogP contribution in [-0.2, 0) is 11.0 Å². The van der Waals surface area contributed by atoms with E-state index >= 15 is 0 Å². The monoisotopic (exact) mass is 571 g/mol. The highest BCUT2D eigenvalue weighted by atomic mass is 35.5. The number of anilines is 1. The van der Waals surface area contributed by atoms with Crippen LogP contribution in [0.15, 0.2) is 94.2 Å². The smallest absolute Gasteiger partial charge is 0.325 e. The molecule has 1 amide bonds. The van der Waals surface area contributed by atoms with Crippen LogP contribution < -0.4 is 10.9 Å². The van der Waals surface area contributed by atoms with E-state index in [0.717, 1.165) is 35.0 Å². The highest BCUT2D eigenvalue weighted by Crippen LogP contribution is 2.34. The summed E-state index contributed by atoms with van der Waals surface area (Å²) in [6.07, 6.45) is -4.52. The first-order valence-corrected chi connectivity index (χ1v) is 13.4. The summed E-state index contributed by atoms with van der Waals surface area (Å²) in [5.74, 6) is -0.701. The SMILES string of the molecule is O=C(CSc1nc2scc(-c3ccc(Cl)cc3)c2c(=O)n1-c1ccccc1)Nc1cccc(C(F)(F)F)c1. The Morgan fingerprint density at radius 2 is 1.76 bits per heavy atom. The number of carbonyl (C=O) groups is 1. The number of para-hydroxylation sites is 1. The molecule has 0 fully saturated rings. The molecule has 0 saturated heterocycles. The quantitative estimate of drug-likeness (QED) is 0.169. The topological polar surface area (TPSA) is 64.0 Å². The van der Waals surface area contributed by atoms with Gasteiger partial charge in [-0.05, 0) is 48.0 Å². The van der Waals surface area contributed by atoms with Gasteiger partial charge in [0.25, 0.3) is 5.56 Å². The molecule has 2 aromatic heterocycles. The van der Waals surface area contributed by atoms with Gasteiger partial charge in [0.1, 0.15) is 4.83 Å². The fourth-order valence-electron chi connectivity index (χ4n) is 3.82. The van der Waals surface area contributed by atoms with Crippen LogP contribution in [0.25, 0.3) is 27.0 Å². The molecule has 192 valence electrons. The second kappa shape index (κ2) is 10.6. The van der Waals surface area contributed by atoms with Crippen molar-refractivity contribution in [3.63, 3.8) is 0 Å². The summed E-state index contributed by atoms with van der Waals surface area (Å²) in [5.41, 5.74) is 0.985. The van der Waals surface area contributed by atoms with Gasteiger partial charge in [0.2, 0.25) is 5.91 Å². The summed E-state index contributed by atoms with van der Waals surface area (Å²) in [7, 11) is 0. The van der Waals surface area contributed by atoms with Gasteiger partial charge in [-0.1, -0.05) is 59.8 Å². The van der Waals surface area contributed by atoms with Crippen LogP contribution in [-0.4, -0.2) is 21.2 Å². The second-order valence-electron chi connectivity index (χ2n) is 8.12. The zero-order valence-electron chi connectivity index (χ0n) is 19.3. The number of alkyl halides is 3. The standard InChI is InChI=1S/C27H17ClF3N3O2S2/c28-18-11-9-16(10-12-18)21-14-37-24-23(21)25(36)34(20-7-2-1-3-8-20)26(33-24)38-15-22(35)32-19-6-4-5-17(13-19)27(29,30)31/h1-14H,15H2,(H,32,35). The molecule has 1 N–H and O–H groups in total. The molecule has 5 rings (SSSR count). The Balaban J connectivity index is 1.48. The number of nitrogens with one attached hydrogen (secondary N) is 1. The summed E-state index contributed by atoms with van der Waals surface area (Å²) in [6.45, 7) is 0. The molecule has 0 aliphatic rings. The Kier molecular flexibility index (Phi) is 7.29. The van der Waals surface area contributed by atoms with E-state index in [-0.39, 0.29) is 22.2 Å². The predicted molar refractivity (Wildman–Crippen MR) is 146 cm³/mol. The summed E-state index contributed by atoms with van der Waals surface area (Å²) in [4.78, 5) is 31.6. The van der Waals surface area contributed by atoms with E-state index in [2.05, 4.69) is 5.32 Å². The van der Waals surface area contributed by atoms with Crippen molar-refractivity contribution >= 4 is 56.5 Å². The first kappa shape index (κ1) is 26.0. The van der Waals surface area contributed by atoms with Crippen molar-refractivity contribution in [2.24, 2.45) is 0 Å². The summed E-state index contributed by atoms with van der Waals surface area (Å²) in [6, 6.07) is 20.5. The molecule has 0 radical (unpaired) electrons. The lowest BCUT2D eigenvalue weighted by atomic mass is 10.1. The van der Waals surface area contributed by atoms with Crippen molar-refractivity contribution in [1.29, 1.82) is 0 Å². The molecule has 0 aliphatic carbocycles. The zero-order chi connectivity index (χ0) is 26.9. The number of hydrogen-bond donors (Lipinski definition) is 1. The van der Waals surface area contributed by atoms with Gasteiger partial charge < -0.3 is 5.32 Å². The number of fused-ring (bicyclic) bond motifs is 1. The molecule has 0 saturated carbocycles. The lowest BCUT2D eigenvalue weighted by molar-refractivity contribution is -0.137. The number of amides is 1. The normalized spacial score (nSPS) is 11.6. The van der Waals surface area contributed by atoms with Crippen molar-refractivity contribution in [3.05, 3.63) is 105 Å². The third-order valence-electron chi connectivity index (χ3n) is 5.55. The minimum Gasteiger partial charge on any atom is -0.325 e. The largest absolute Gasteiger partial charge is 0.416 e. The van der Waals surface area contributed by atoms with Gasteiger partial charge >= 0.3 is 6.18 Å².